The molecule has 126 valence electrons. The number of nitrogens with two attached hydrogens (primary N) is 2. The van der Waals surface area contributed by atoms with Crippen LogP contribution >= 0.6 is 0 Å². The van der Waals surface area contributed by atoms with Gasteiger partial charge in [-0.1, -0.05) is 0 Å². The van der Waals surface area contributed by atoms with Gasteiger partial charge in [0.05, 0.1) is 0 Å². The van der Waals surface area contributed by atoms with Crippen molar-refractivity contribution in [3.05, 3.63) is 0 Å². The molecule has 6 heteroatoms. The third-order valence-corrected chi connectivity index (χ3v) is 3.37. The van der Waals surface area contributed by atoms with Gasteiger partial charge in [-0.3, -0.25) is 4.79 Å². The molecule has 0 spiro atoms. The summed E-state index contributed by atoms with van der Waals surface area (Å²) in [6.45, 7) is 8.73. The first kappa shape index (κ1) is 20.3. The van der Waals surface area contributed by atoms with Crippen LogP contribution < -0.4 is 22.1 Å². The summed E-state index contributed by atoms with van der Waals surface area (Å²) < 4.78 is 0. The number of rotatable bonds is 15. The number of hydrogen-bond donors (Lipinski definition) is 4. The topological polar surface area (TPSA) is 96.4 Å². The van der Waals surface area contributed by atoms with Gasteiger partial charge < -0.3 is 27.0 Å². The maximum absolute atomic E-state index is 11.4. The van der Waals surface area contributed by atoms with Gasteiger partial charge in [0.1, 0.15) is 0 Å². The molecule has 0 radical (unpaired) electrons. The van der Waals surface area contributed by atoms with Crippen LogP contribution in [0.5, 0.6) is 0 Å². The first-order valence-electron chi connectivity index (χ1n) is 8.29. The normalized spacial score (nSPS) is 10.8. The van der Waals surface area contributed by atoms with E-state index in [1.54, 1.807) is 6.92 Å². The van der Waals surface area contributed by atoms with Crippen molar-refractivity contribution in [3.8, 4) is 0 Å². The largest absolute Gasteiger partial charge is 0.343 e. The molecule has 0 unspecified atom stereocenters. The zero-order chi connectivity index (χ0) is 15.8. The van der Waals surface area contributed by atoms with Crippen molar-refractivity contribution in [3.63, 3.8) is 0 Å². The van der Waals surface area contributed by atoms with Crippen LogP contribution in [0.25, 0.3) is 0 Å². The summed E-state index contributed by atoms with van der Waals surface area (Å²) in [6.07, 6.45) is 5.30. The minimum atomic E-state index is 0.145. The minimum absolute atomic E-state index is 0.145. The summed E-state index contributed by atoms with van der Waals surface area (Å²) in [5.74, 6) is 0.145. The molecule has 21 heavy (non-hydrogen) atoms. The molecule has 0 rings (SSSR count). The molecule has 0 atom stereocenters. The Kier molecular flexibility index (Phi) is 15.2. The molecule has 0 aromatic rings. The molecule has 0 aliphatic rings. The summed E-state index contributed by atoms with van der Waals surface area (Å²) in [5, 5.41) is 6.80. The lowest BCUT2D eigenvalue weighted by Crippen LogP contribution is -2.33. The van der Waals surface area contributed by atoms with Crippen LogP contribution in [0.4, 0.5) is 0 Å². The molecule has 0 aliphatic heterocycles. The molecule has 6 N–H and O–H groups in total. The highest BCUT2D eigenvalue weighted by Gasteiger charge is 2.06. The number of hydrogen-bond acceptors (Lipinski definition) is 5. The Morgan fingerprint density at radius 2 is 1.29 bits per heavy atom. The summed E-state index contributed by atoms with van der Waals surface area (Å²) in [4.78, 5) is 13.3. The molecule has 0 saturated heterocycles. The number of unbranched alkanes of at least 4 members (excludes halogenated alkanes) is 1. The van der Waals surface area contributed by atoms with E-state index in [9.17, 15) is 4.79 Å². The molecule has 1 amide bonds. The summed E-state index contributed by atoms with van der Waals surface area (Å²) in [7, 11) is 0. The first-order valence-corrected chi connectivity index (χ1v) is 8.29. The Bertz CT molecular complexity index is 238. The van der Waals surface area contributed by atoms with Gasteiger partial charge >= 0.3 is 0 Å². The first-order chi connectivity index (χ1) is 10.2. The van der Waals surface area contributed by atoms with Gasteiger partial charge in [0.25, 0.3) is 0 Å². The maximum Gasteiger partial charge on any atom is 0.219 e. The Hall–Kier alpha value is -0.690. The molecule has 0 saturated carbocycles. The summed E-state index contributed by atoms with van der Waals surface area (Å²) >= 11 is 0. The Balaban J connectivity index is 3.31. The second kappa shape index (κ2) is 15.7. The standard InChI is InChI=1S/C15H35N5O/c1-15(21)20(13-5-8-17)14-6-12-19-10-3-2-9-18-11-4-7-16/h18-19H,2-14,16-17H2,1H3. The van der Waals surface area contributed by atoms with Crippen LogP contribution in [0.3, 0.4) is 0 Å². The molecule has 0 aromatic carbocycles. The van der Waals surface area contributed by atoms with Gasteiger partial charge in [-0.15, -0.1) is 0 Å². The second-order valence-corrected chi connectivity index (χ2v) is 5.35. The van der Waals surface area contributed by atoms with E-state index in [0.29, 0.717) is 6.54 Å². The SMILES string of the molecule is CC(=O)N(CCCN)CCCNCCCCNCCCN. The van der Waals surface area contributed by atoms with Crippen LogP contribution in [-0.2, 0) is 4.79 Å². The average molecular weight is 301 g/mol. The van der Waals surface area contributed by atoms with E-state index in [2.05, 4.69) is 10.6 Å². The fraction of sp³-hybridized carbons (Fsp3) is 0.933. The smallest absolute Gasteiger partial charge is 0.219 e. The van der Waals surface area contributed by atoms with Crippen LogP contribution in [0.15, 0.2) is 0 Å². The highest BCUT2D eigenvalue weighted by atomic mass is 16.2. The fourth-order valence-corrected chi connectivity index (χ4v) is 2.08. The monoisotopic (exact) mass is 301 g/mol. The third kappa shape index (κ3) is 14.0. The van der Waals surface area contributed by atoms with E-state index < -0.39 is 0 Å². The number of amides is 1. The molecular formula is C15H35N5O. The van der Waals surface area contributed by atoms with E-state index in [0.717, 1.165) is 65.1 Å². The summed E-state index contributed by atoms with van der Waals surface area (Å²) in [6, 6.07) is 0. The molecule has 0 heterocycles. The highest BCUT2D eigenvalue weighted by Crippen LogP contribution is 1.94. The lowest BCUT2D eigenvalue weighted by molar-refractivity contribution is -0.128. The maximum atomic E-state index is 11.4. The van der Waals surface area contributed by atoms with Crippen molar-refractivity contribution < 1.29 is 4.79 Å². The fourth-order valence-electron chi connectivity index (χ4n) is 2.08. The van der Waals surface area contributed by atoms with Gasteiger partial charge in [0.15, 0.2) is 0 Å². The Labute approximate surface area is 130 Å². The van der Waals surface area contributed by atoms with Gasteiger partial charge in [-0.25, -0.2) is 0 Å². The molecular weight excluding hydrogens is 266 g/mol. The van der Waals surface area contributed by atoms with Crippen molar-refractivity contribution in [2.75, 3.05) is 52.4 Å². The van der Waals surface area contributed by atoms with Crippen molar-refractivity contribution in [2.45, 2.75) is 39.0 Å². The zero-order valence-corrected chi connectivity index (χ0v) is 13.7. The van der Waals surface area contributed by atoms with Crippen molar-refractivity contribution in [1.29, 1.82) is 0 Å². The lowest BCUT2D eigenvalue weighted by atomic mass is 10.3. The molecule has 0 bridgehead atoms. The molecule has 6 nitrogen and oxygen atoms in total. The van der Waals surface area contributed by atoms with Crippen molar-refractivity contribution in [2.24, 2.45) is 11.5 Å². The van der Waals surface area contributed by atoms with Crippen LogP contribution in [0.2, 0.25) is 0 Å². The van der Waals surface area contributed by atoms with E-state index in [1.807, 2.05) is 4.90 Å². The third-order valence-electron chi connectivity index (χ3n) is 3.37. The van der Waals surface area contributed by atoms with E-state index in [1.165, 1.54) is 12.8 Å². The number of carbonyl (C=O) groups excluding carboxylic acids is 1. The van der Waals surface area contributed by atoms with E-state index >= 15 is 0 Å². The Morgan fingerprint density at radius 1 is 0.810 bits per heavy atom. The second-order valence-electron chi connectivity index (χ2n) is 5.35. The van der Waals surface area contributed by atoms with Gasteiger partial charge in [-0.2, -0.15) is 0 Å². The number of carbonyl (C=O) groups is 1. The van der Waals surface area contributed by atoms with Gasteiger partial charge in [-0.05, 0) is 71.4 Å². The quantitative estimate of drug-likeness (QED) is 0.316. The lowest BCUT2D eigenvalue weighted by Gasteiger charge is -2.20. The molecule has 0 aromatic heterocycles. The summed E-state index contributed by atoms with van der Waals surface area (Å²) in [5.41, 5.74) is 10.9. The van der Waals surface area contributed by atoms with E-state index in [-0.39, 0.29) is 5.91 Å². The van der Waals surface area contributed by atoms with Gasteiger partial charge in [0, 0.05) is 20.0 Å². The van der Waals surface area contributed by atoms with Crippen molar-refractivity contribution >= 4 is 5.91 Å². The minimum Gasteiger partial charge on any atom is -0.343 e. The molecule has 0 fully saturated rings. The predicted octanol–water partition coefficient (Wildman–Crippen LogP) is -0.118. The van der Waals surface area contributed by atoms with Gasteiger partial charge in [0.2, 0.25) is 5.91 Å². The number of nitrogens with zero attached hydrogens (tertiary/aromatic N) is 1. The van der Waals surface area contributed by atoms with Crippen LogP contribution in [0.1, 0.15) is 39.0 Å². The van der Waals surface area contributed by atoms with Crippen LogP contribution in [-0.4, -0.2) is 63.2 Å². The van der Waals surface area contributed by atoms with E-state index in [4.69, 9.17) is 11.5 Å². The average Bonchev–Trinajstić information content (AvgIpc) is 2.47. The number of nitrogens with one attached hydrogen (secondary N) is 2. The highest BCUT2D eigenvalue weighted by molar-refractivity contribution is 5.73. The van der Waals surface area contributed by atoms with Crippen LogP contribution in [0, 0.1) is 0 Å². The predicted molar refractivity (Wildman–Crippen MR) is 89.2 cm³/mol. The van der Waals surface area contributed by atoms with Crippen molar-refractivity contribution in [1.82, 2.24) is 15.5 Å². The molecule has 0 aliphatic carbocycles. The zero-order valence-electron chi connectivity index (χ0n) is 13.7. The Morgan fingerprint density at radius 3 is 1.81 bits per heavy atom.